The molecule has 134 valence electrons. The molecular weight excluding hydrogens is 338 g/mol. The van der Waals surface area contributed by atoms with Gasteiger partial charge in [-0.3, -0.25) is 4.79 Å². The van der Waals surface area contributed by atoms with E-state index in [1.807, 2.05) is 18.0 Å². The second kappa shape index (κ2) is 7.39. The van der Waals surface area contributed by atoms with Crippen LogP contribution in [0.1, 0.15) is 32.1 Å². The van der Waals surface area contributed by atoms with E-state index >= 15 is 0 Å². The molecule has 1 aliphatic heterocycles. The minimum atomic E-state index is -3.72. The zero-order chi connectivity index (χ0) is 17.9. The van der Waals surface area contributed by atoms with Gasteiger partial charge in [-0.25, -0.2) is 0 Å². The van der Waals surface area contributed by atoms with E-state index in [4.69, 9.17) is 0 Å². The summed E-state index contributed by atoms with van der Waals surface area (Å²) in [5.41, 5.74) is 0.601. The van der Waals surface area contributed by atoms with Crippen molar-refractivity contribution in [2.45, 2.75) is 37.0 Å². The molecule has 0 saturated carbocycles. The van der Waals surface area contributed by atoms with Crippen molar-refractivity contribution in [3.05, 3.63) is 36.4 Å². The number of hydrogen-bond acceptors (Lipinski definition) is 3. The summed E-state index contributed by atoms with van der Waals surface area (Å²) >= 11 is 0. The predicted molar refractivity (Wildman–Crippen MR) is 98.0 cm³/mol. The summed E-state index contributed by atoms with van der Waals surface area (Å²) < 4.78 is 28.8. The maximum atomic E-state index is 12.4. The second-order valence-corrected chi connectivity index (χ2v) is 8.11. The highest BCUT2D eigenvalue weighted by molar-refractivity contribution is 7.90. The topological polar surface area (TPSA) is 78.8 Å². The standard InChI is InChI=1S/C18H23N3O3S/c1-21-13-5-8-17(21)20-25(23,24)16-11-9-15(10-12-16)19-18(22)14-6-3-2-4-7-14/h2-3,9-12,14H,4-8,13H2,1H3,(H,19,22)/b20-17-. The maximum absolute atomic E-state index is 12.4. The van der Waals surface area contributed by atoms with E-state index in [-0.39, 0.29) is 16.7 Å². The van der Waals surface area contributed by atoms with Crippen LogP contribution in [-0.2, 0) is 14.8 Å². The first kappa shape index (κ1) is 17.7. The van der Waals surface area contributed by atoms with Crippen molar-refractivity contribution in [3.8, 4) is 0 Å². The Labute approximate surface area is 148 Å². The van der Waals surface area contributed by atoms with Crippen molar-refractivity contribution in [2.75, 3.05) is 18.9 Å². The Morgan fingerprint density at radius 3 is 2.60 bits per heavy atom. The van der Waals surface area contributed by atoms with Crippen molar-refractivity contribution in [1.29, 1.82) is 0 Å². The third-order valence-electron chi connectivity index (χ3n) is 4.62. The number of benzene rings is 1. The average Bonchev–Trinajstić information content (AvgIpc) is 3.00. The first-order valence-corrected chi connectivity index (χ1v) is 10.0. The van der Waals surface area contributed by atoms with Gasteiger partial charge in [0.05, 0.1) is 4.90 Å². The molecule has 3 rings (SSSR count). The molecule has 0 aromatic heterocycles. The third-order valence-corrected chi connectivity index (χ3v) is 5.94. The Kier molecular flexibility index (Phi) is 5.22. The van der Waals surface area contributed by atoms with Crippen molar-refractivity contribution in [2.24, 2.45) is 10.3 Å². The van der Waals surface area contributed by atoms with Crippen molar-refractivity contribution < 1.29 is 13.2 Å². The lowest BCUT2D eigenvalue weighted by atomic mass is 9.93. The molecule has 25 heavy (non-hydrogen) atoms. The molecule has 1 amide bonds. The Hall–Kier alpha value is -2.15. The number of carbonyl (C=O) groups is 1. The van der Waals surface area contributed by atoms with Crippen LogP contribution in [0, 0.1) is 5.92 Å². The lowest BCUT2D eigenvalue weighted by molar-refractivity contribution is -0.120. The average molecular weight is 361 g/mol. The molecule has 0 spiro atoms. The van der Waals surface area contributed by atoms with Crippen LogP contribution in [0.25, 0.3) is 0 Å². The summed E-state index contributed by atoms with van der Waals surface area (Å²) in [5, 5.41) is 2.86. The minimum absolute atomic E-state index is 0.0160. The lowest BCUT2D eigenvalue weighted by Gasteiger charge is -2.17. The monoisotopic (exact) mass is 361 g/mol. The number of amidine groups is 1. The largest absolute Gasteiger partial charge is 0.362 e. The summed E-state index contributed by atoms with van der Waals surface area (Å²) in [6, 6.07) is 6.21. The van der Waals surface area contributed by atoms with E-state index in [0.717, 1.165) is 32.2 Å². The first-order valence-electron chi connectivity index (χ1n) is 8.56. The molecule has 1 aliphatic carbocycles. The fraction of sp³-hybridized carbons (Fsp3) is 0.444. The van der Waals surface area contributed by atoms with E-state index in [9.17, 15) is 13.2 Å². The van der Waals surface area contributed by atoms with Crippen LogP contribution in [0.4, 0.5) is 5.69 Å². The number of sulfonamides is 1. The van der Waals surface area contributed by atoms with Crippen LogP contribution in [0.2, 0.25) is 0 Å². The molecule has 1 saturated heterocycles. The Morgan fingerprint density at radius 2 is 2.00 bits per heavy atom. The number of carbonyl (C=O) groups excluding carboxylic acids is 1. The van der Waals surface area contributed by atoms with Gasteiger partial charge in [-0.2, -0.15) is 8.42 Å². The Bertz CT molecular complexity index is 797. The van der Waals surface area contributed by atoms with Gasteiger partial charge in [-0.15, -0.1) is 4.40 Å². The molecule has 1 aromatic carbocycles. The molecule has 1 aromatic rings. The minimum Gasteiger partial charge on any atom is -0.362 e. The zero-order valence-electron chi connectivity index (χ0n) is 14.3. The summed E-state index contributed by atoms with van der Waals surface area (Å²) in [6.45, 7) is 0.829. The summed E-state index contributed by atoms with van der Waals surface area (Å²) in [4.78, 5) is 14.2. The number of rotatable bonds is 4. The van der Waals surface area contributed by atoms with Crippen molar-refractivity contribution in [1.82, 2.24) is 4.90 Å². The summed E-state index contributed by atoms with van der Waals surface area (Å²) in [6.07, 6.45) is 8.24. The fourth-order valence-electron chi connectivity index (χ4n) is 3.09. The smallest absolute Gasteiger partial charge is 0.283 e. The van der Waals surface area contributed by atoms with Crippen LogP contribution in [0.5, 0.6) is 0 Å². The second-order valence-electron chi connectivity index (χ2n) is 6.50. The highest BCUT2D eigenvalue weighted by atomic mass is 32.2. The molecule has 2 aliphatic rings. The third kappa shape index (κ3) is 4.28. The molecule has 0 radical (unpaired) electrons. The summed E-state index contributed by atoms with van der Waals surface area (Å²) in [7, 11) is -1.87. The van der Waals surface area contributed by atoms with E-state index < -0.39 is 10.0 Å². The predicted octanol–water partition coefficient (Wildman–Crippen LogP) is 2.79. The zero-order valence-corrected chi connectivity index (χ0v) is 15.1. The molecule has 1 heterocycles. The van der Waals surface area contributed by atoms with Gasteiger partial charge in [-0.1, -0.05) is 12.2 Å². The maximum Gasteiger partial charge on any atom is 0.283 e. The Balaban J connectivity index is 1.69. The number of allylic oxidation sites excluding steroid dienone is 2. The molecule has 1 atom stereocenters. The molecule has 1 N–H and O–H groups in total. The fourth-order valence-corrected chi connectivity index (χ4v) is 4.18. The van der Waals surface area contributed by atoms with Crippen molar-refractivity contribution >= 4 is 27.5 Å². The normalized spacial score (nSPS) is 22.4. The molecule has 6 nitrogen and oxygen atoms in total. The number of amides is 1. The number of hydrogen-bond donors (Lipinski definition) is 1. The molecular formula is C18H23N3O3S. The molecule has 0 bridgehead atoms. The van der Waals surface area contributed by atoms with Crippen LogP contribution >= 0.6 is 0 Å². The lowest BCUT2D eigenvalue weighted by Crippen LogP contribution is -2.23. The molecule has 7 heteroatoms. The van der Waals surface area contributed by atoms with Crippen LogP contribution in [0.15, 0.2) is 45.7 Å². The van der Waals surface area contributed by atoms with E-state index in [1.165, 1.54) is 12.1 Å². The van der Waals surface area contributed by atoms with Gasteiger partial charge < -0.3 is 10.2 Å². The van der Waals surface area contributed by atoms with E-state index in [0.29, 0.717) is 17.9 Å². The molecule has 1 unspecified atom stereocenters. The number of likely N-dealkylation sites (tertiary alicyclic amines) is 1. The van der Waals surface area contributed by atoms with Gasteiger partial charge in [0.1, 0.15) is 5.84 Å². The van der Waals surface area contributed by atoms with Gasteiger partial charge in [0, 0.05) is 31.6 Å². The van der Waals surface area contributed by atoms with Crippen LogP contribution in [0.3, 0.4) is 0 Å². The van der Waals surface area contributed by atoms with Gasteiger partial charge in [0.15, 0.2) is 0 Å². The summed E-state index contributed by atoms with van der Waals surface area (Å²) in [5.74, 6) is 0.563. The van der Waals surface area contributed by atoms with Gasteiger partial charge in [-0.05, 0) is 49.9 Å². The van der Waals surface area contributed by atoms with E-state index in [2.05, 4.69) is 15.8 Å². The molecule has 1 fully saturated rings. The Morgan fingerprint density at radius 1 is 1.24 bits per heavy atom. The SMILES string of the molecule is CN1CCC/C1=N/S(=O)(=O)c1ccc(NC(=O)C2CC=CCC2)cc1. The van der Waals surface area contributed by atoms with Crippen LogP contribution in [-0.4, -0.2) is 38.7 Å². The quantitative estimate of drug-likeness (QED) is 0.837. The first-order chi connectivity index (χ1) is 12.0. The number of nitrogens with zero attached hydrogens (tertiary/aromatic N) is 2. The van der Waals surface area contributed by atoms with Gasteiger partial charge in [0.2, 0.25) is 5.91 Å². The highest BCUT2D eigenvalue weighted by Gasteiger charge is 2.21. The van der Waals surface area contributed by atoms with Gasteiger partial charge >= 0.3 is 0 Å². The van der Waals surface area contributed by atoms with Crippen molar-refractivity contribution in [3.63, 3.8) is 0 Å². The van der Waals surface area contributed by atoms with Crippen LogP contribution < -0.4 is 5.32 Å². The number of anilines is 1. The van der Waals surface area contributed by atoms with E-state index in [1.54, 1.807) is 12.1 Å². The van der Waals surface area contributed by atoms with Gasteiger partial charge in [0.25, 0.3) is 10.0 Å². The highest BCUT2D eigenvalue weighted by Crippen LogP contribution is 2.22. The number of nitrogens with one attached hydrogen (secondary N) is 1.